The molecule has 0 saturated heterocycles. The summed E-state index contributed by atoms with van der Waals surface area (Å²) in [6.45, 7) is 9.37. The Bertz CT molecular complexity index is 165. The van der Waals surface area contributed by atoms with Crippen LogP contribution >= 0.6 is 0 Å². The van der Waals surface area contributed by atoms with Gasteiger partial charge in [-0.3, -0.25) is 0 Å². The van der Waals surface area contributed by atoms with Crippen molar-refractivity contribution in [3.8, 4) is 0 Å². The fourth-order valence-electron chi connectivity index (χ4n) is 2.33. The number of rotatable bonds is 3. The summed E-state index contributed by atoms with van der Waals surface area (Å²) in [5.74, 6) is 3.51. The van der Waals surface area contributed by atoms with Crippen LogP contribution in [0.3, 0.4) is 0 Å². The van der Waals surface area contributed by atoms with Crippen LogP contribution in [0.2, 0.25) is 0 Å². The van der Waals surface area contributed by atoms with Crippen molar-refractivity contribution >= 4 is 0 Å². The third kappa shape index (κ3) is 3.54. The fourth-order valence-corrected chi connectivity index (χ4v) is 2.33. The largest absolute Gasteiger partial charge is 0.0880 e. The van der Waals surface area contributed by atoms with Crippen molar-refractivity contribution in [1.82, 2.24) is 0 Å². The summed E-state index contributed by atoms with van der Waals surface area (Å²) in [5, 5.41) is 0. The molecule has 1 aliphatic rings. The van der Waals surface area contributed by atoms with Crippen LogP contribution in [0.5, 0.6) is 0 Å². The van der Waals surface area contributed by atoms with Crippen molar-refractivity contribution in [3.05, 3.63) is 12.2 Å². The molecule has 0 aliphatic heterocycles. The molecule has 0 radical (unpaired) electrons. The van der Waals surface area contributed by atoms with E-state index in [1.165, 1.54) is 19.3 Å². The highest BCUT2D eigenvalue weighted by Crippen LogP contribution is 2.32. The molecular formula is C13H24. The van der Waals surface area contributed by atoms with Crippen molar-refractivity contribution in [2.24, 2.45) is 23.7 Å². The molecule has 0 fully saturated rings. The number of hydrogen-bond acceptors (Lipinski definition) is 0. The van der Waals surface area contributed by atoms with Gasteiger partial charge >= 0.3 is 0 Å². The Kier molecular flexibility index (Phi) is 4.02. The van der Waals surface area contributed by atoms with Gasteiger partial charge in [-0.25, -0.2) is 0 Å². The summed E-state index contributed by atoms with van der Waals surface area (Å²) in [7, 11) is 0. The lowest BCUT2D eigenvalue weighted by molar-refractivity contribution is 0.288. The molecule has 2 unspecified atom stereocenters. The lowest BCUT2D eigenvalue weighted by atomic mass is 9.77. The van der Waals surface area contributed by atoms with Gasteiger partial charge in [0.1, 0.15) is 0 Å². The average Bonchev–Trinajstić information content (AvgIpc) is 2.03. The highest BCUT2D eigenvalue weighted by molar-refractivity contribution is 4.96. The molecular weight excluding hydrogens is 156 g/mol. The summed E-state index contributed by atoms with van der Waals surface area (Å²) in [6.07, 6.45) is 8.96. The van der Waals surface area contributed by atoms with Crippen LogP contribution in [0.1, 0.15) is 47.0 Å². The zero-order chi connectivity index (χ0) is 9.84. The molecule has 0 spiro atoms. The normalized spacial score (nSPS) is 28.8. The lowest BCUT2D eigenvalue weighted by Crippen LogP contribution is -2.17. The maximum atomic E-state index is 2.44. The standard InChI is InChI=1S/C13H24/c1-10(2)8-12-6-5-7-13(9-12)11(3)4/h5-6,10-13H,7-9H2,1-4H3. The Balaban J connectivity index is 2.42. The first kappa shape index (κ1) is 10.8. The summed E-state index contributed by atoms with van der Waals surface area (Å²) < 4.78 is 0. The van der Waals surface area contributed by atoms with Crippen LogP contribution in [0.15, 0.2) is 12.2 Å². The second-order valence-electron chi connectivity index (χ2n) is 5.29. The third-order valence-electron chi connectivity index (χ3n) is 3.17. The van der Waals surface area contributed by atoms with E-state index in [2.05, 4.69) is 39.8 Å². The second kappa shape index (κ2) is 4.83. The van der Waals surface area contributed by atoms with E-state index >= 15 is 0 Å². The minimum atomic E-state index is 0.848. The lowest BCUT2D eigenvalue weighted by Gasteiger charge is -2.28. The van der Waals surface area contributed by atoms with Crippen LogP contribution in [-0.4, -0.2) is 0 Å². The number of hydrogen-bond donors (Lipinski definition) is 0. The Morgan fingerprint density at radius 3 is 2.46 bits per heavy atom. The van der Waals surface area contributed by atoms with Crippen LogP contribution in [0.25, 0.3) is 0 Å². The van der Waals surface area contributed by atoms with E-state index in [0.29, 0.717) is 0 Å². The van der Waals surface area contributed by atoms with Gasteiger partial charge in [0.2, 0.25) is 0 Å². The highest BCUT2D eigenvalue weighted by Gasteiger charge is 2.20. The zero-order valence-corrected chi connectivity index (χ0v) is 9.59. The first-order chi connectivity index (χ1) is 6.09. The molecule has 0 heterocycles. The van der Waals surface area contributed by atoms with Crippen LogP contribution in [0, 0.1) is 23.7 Å². The van der Waals surface area contributed by atoms with Crippen LogP contribution in [0.4, 0.5) is 0 Å². The summed E-state index contributed by atoms with van der Waals surface area (Å²) in [6, 6.07) is 0. The predicted octanol–water partition coefficient (Wildman–Crippen LogP) is 4.27. The molecule has 1 rings (SSSR count). The van der Waals surface area contributed by atoms with E-state index < -0.39 is 0 Å². The van der Waals surface area contributed by atoms with Crippen molar-refractivity contribution in [1.29, 1.82) is 0 Å². The molecule has 1 aliphatic carbocycles. The van der Waals surface area contributed by atoms with Gasteiger partial charge in [0.25, 0.3) is 0 Å². The molecule has 0 N–H and O–H groups in total. The maximum Gasteiger partial charge on any atom is -0.0228 e. The SMILES string of the molecule is CC(C)CC1C=CCC(C(C)C)C1. The minimum Gasteiger partial charge on any atom is -0.0880 e. The molecule has 2 atom stereocenters. The van der Waals surface area contributed by atoms with Gasteiger partial charge < -0.3 is 0 Å². The van der Waals surface area contributed by atoms with Gasteiger partial charge in [-0.2, -0.15) is 0 Å². The average molecular weight is 180 g/mol. The van der Waals surface area contributed by atoms with Gasteiger partial charge in [-0.05, 0) is 42.9 Å². The Labute approximate surface area is 83.4 Å². The highest BCUT2D eigenvalue weighted by atomic mass is 14.3. The molecule has 0 bridgehead atoms. The van der Waals surface area contributed by atoms with E-state index in [0.717, 1.165) is 23.7 Å². The van der Waals surface area contributed by atoms with Gasteiger partial charge in [-0.15, -0.1) is 0 Å². The molecule has 13 heavy (non-hydrogen) atoms. The minimum absolute atomic E-state index is 0.848. The topological polar surface area (TPSA) is 0 Å². The molecule has 0 saturated carbocycles. The summed E-state index contributed by atoms with van der Waals surface area (Å²) in [4.78, 5) is 0. The molecule has 0 amide bonds. The zero-order valence-electron chi connectivity index (χ0n) is 9.59. The summed E-state index contributed by atoms with van der Waals surface area (Å²) in [5.41, 5.74) is 0. The van der Waals surface area contributed by atoms with Gasteiger partial charge in [0.15, 0.2) is 0 Å². The molecule has 0 nitrogen and oxygen atoms in total. The van der Waals surface area contributed by atoms with E-state index in [1.54, 1.807) is 0 Å². The fraction of sp³-hybridized carbons (Fsp3) is 0.846. The van der Waals surface area contributed by atoms with Crippen LogP contribution < -0.4 is 0 Å². The van der Waals surface area contributed by atoms with Crippen molar-refractivity contribution in [2.75, 3.05) is 0 Å². The van der Waals surface area contributed by atoms with Crippen molar-refractivity contribution < 1.29 is 0 Å². The van der Waals surface area contributed by atoms with Crippen molar-refractivity contribution in [2.45, 2.75) is 47.0 Å². The summed E-state index contributed by atoms with van der Waals surface area (Å²) >= 11 is 0. The van der Waals surface area contributed by atoms with Crippen LogP contribution in [-0.2, 0) is 0 Å². The Morgan fingerprint density at radius 2 is 1.92 bits per heavy atom. The Hall–Kier alpha value is -0.260. The van der Waals surface area contributed by atoms with Gasteiger partial charge in [-0.1, -0.05) is 39.8 Å². The smallest absolute Gasteiger partial charge is 0.0228 e. The molecule has 0 aromatic rings. The maximum absolute atomic E-state index is 2.44. The van der Waals surface area contributed by atoms with Crippen molar-refractivity contribution in [3.63, 3.8) is 0 Å². The van der Waals surface area contributed by atoms with Gasteiger partial charge in [0, 0.05) is 0 Å². The van der Waals surface area contributed by atoms with E-state index in [-0.39, 0.29) is 0 Å². The first-order valence-electron chi connectivity index (χ1n) is 5.76. The Morgan fingerprint density at radius 1 is 1.23 bits per heavy atom. The van der Waals surface area contributed by atoms with E-state index in [9.17, 15) is 0 Å². The molecule has 76 valence electrons. The number of allylic oxidation sites excluding steroid dienone is 2. The monoisotopic (exact) mass is 180 g/mol. The molecule has 0 aromatic carbocycles. The molecule has 0 heteroatoms. The third-order valence-corrected chi connectivity index (χ3v) is 3.17. The van der Waals surface area contributed by atoms with Gasteiger partial charge in [0.05, 0.1) is 0 Å². The van der Waals surface area contributed by atoms with E-state index in [1.807, 2.05) is 0 Å². The molecule has 0 aromatic heterocycles. The predicted molar refractivity (Wildman–Crippen MR) is 59.6 cm³/mol. The quantitative estimate of drug-likeness (QED) is 0.569. The second-order valence-corrected chi connectivity index (χ2v) is 5.29. The first-order valence-corrected chi connectivity index (χ1v) is 5.76. The van der Waals surface area contributed by atoms with E-state index in [4.69, 9.17) is 0 Å².